The van der Waals surface area contributed by atoms with Gasteiger partial charge in [0, 0.05) is 6.04 Å². The molecule has 0 saturated heterocycles. The lowest BCUT2D eigenvalue weighted by Gasteiger charge is -2.23. The Morgan fingerprint density at radius 1 is 1.00 bits per heavy atom. The third-order valence-electron chi connectivity index (χ3n) is 4.32. The Balaban J connectivity index is 1.61. The van der Waals surface area contributed by atoms with Crippen molar-refractivity contribution in [3.63, 3.8) is 0 Å². The van der Waals surface area contributed by atoms with E-state index in [-0.39, 0.29) is 0 Å². The molecule has 0 aliphatic heterocycles. The molecule has 0 amide bonds. The summed E-state index contributed by atoms with van der Waals surface area (Å²) in [6.07, 6.45) is 13.3. The Bertz CT molecular complexity index is 166. The van der Waals surface area contributed by atoms with Crippen LogP contribution in [0.15, 0.2) is 0 Å². The van der Waals surface area contributed by atoms with Gasteiger partial charge in [0.1, 0.15) is 0 Å². The van der Waals surface area contributed by atoms with Crippen molar-refractivity contribution in [3.8, 4) is 0 Å². The minimum Gasteiger partial charge on any atom is -0.314 e. The second-order valence-electron chi connectivity index (χ2n) is 5.73. The van der Waals surface area contributed by atoms with Gasteiger partial charge in [-0.05, 0) is 44.6 Å². The van der Waals surface area contributed by atoms with Crippen molar-refractivity contribution in [1.82, 2.24) is 5.32 Å². The Labute approximate surface area is 95.0 Å². The first-order valence-corrected chi connectivity index (χ1v) is 7.09. The Kier molecular flexibility index (Phi) is 4.49. The minimum absolute atomic E-state index is 0.766. The summed E-state index contributed by atoms with van der Waals surface area (Å²) < 4.78 is 0. The molecule has 88 valence electrons. The fourth-order valence-electron chi connectivity index (χ4n) is 2.90. The summed E-state index contributed by atoms with van der Waals surface area (Å²) in [6.45, 7) is 3.67. The van der Waals surface area contributed by atoms with Gasteiger partial charge in [-0.1, -0.05) is 38.5 Å². The number of hydrogen-bond acceptors (Lipinski definition) is 1. The zero-order chi connectivity index (χ0) is 10.5. The average molecular weight is 209 g/mol. The van der Waals surface area contributed by atoms with E-state index in [1.807, 2.05) is 0 Å². The van der Waals surface area contributed by atoms with E-state index >= 15 is 0 Å². The van der Waals surface area contributed by atoms with Gasteiger partial charge in [-0.15, -0.1) is 0 Å². The van der Waals surface area contributed by atoms with Gasteiger partial charge in [-0.25, -0.2) is 0 Å². The quantitative estimate of drug-likeness (QED) is 0.680. The lowest BCUT2D eigenvalue weighted by Crippen LogP contribution is -2.34. The summed E-state index contributed by atoms with van der Waals surface area (Å²) in [5, 5.41) is 3.75. The highest BCUT2D eigenvalue weighted by atomic mass is 14.9. The van der Waals surface area contributed by atoms with Crippen molar-refractivity contribution in [3.05, 3.63) is 0 Å². The maximum Gasteiger partial charge on any atom is 0.00669 e. The smallest absolute Gasteiger partial charge is 0.00669 e. The van der Waals surface area contributed by atoms with Crippen LogP contribution in [0.25, 0.3) is 0 Å². The Morgan fingerprint density at radius 3 is 2.27 bits per heavy atom. The van der Waals surface area contributed by atoms with Gasteiger partial charge in [-0.3, -0.25) is 0 Å². The first-order valence-electron chi connectivity index (χ1n) is 7.09. The molecule has 0 heterocycles. The Hall–Kier alpha value is -0.0400. The molecule has 0 aromatic rings. The molecule has 0 aromatic carbocycles. The molecule has 1 nitrogen and oxygen atoms in total. The van der Waals surface area contributed by atoms with Crippen LogP contribution in [0.1, 0.15) is 64.7 Å². The predicted molar refractivity (Wildman–Crippen MR) is 66.0 cm³/mol. The molecule has 2 aliphatic rings. The molecule has 2 aliphatic carbocycles. The fraction of sp³-hybridized carbons (Fsp3) is 1.00. The summed E-state index contributed by atoms with van der Waals surface area (Å²) >= 11 is 0. The third kappa shape index (κ3) is 4.14. The molecule has 0 bridgehead atoms. The van der Waals surface area contributed by atoms with E-state index in [9.17, 15) is 0 Å². The molecule has 0 aromatic heterocycles. The molecule has 2 saturated carbocycles. The minimum atomic E-state index is 0.766. The SMILES string of the molecule is C[C@@H](NCCC1CC1)C1CCCCCC1. The topological polar surface area (TPSA) is 12.0 Å². The lowest BCUT2D eigenvalue weighted by molar-refractivity contribution is 0.335. The summed E-state index contributed by atoms with van der Waals surface area (Å²) in [6, 6.07) is 0.766. The van der Waals surface area contributed by atoms with Gasteiger partial charge < -0.3 is 5.32 Å². The van der Waals surface area contributed by atoms with Crippen LogP contribution in [0.3, 0.4) is 0 Å². The van der Waals surface area contributed by atoms with Gasteiger partial charge >= 0.3 is 0 Å². The number of hydrogen-bond donors (Lipinski definition) is 1. The van der Waals surface area contributed by atoms with Gasteiger partial charge in [0.05, 0.1) is 0 Å². The molecule has 1 atom stereocenters. The van der Waals surface area contributed by atoms with Gasteiger partial charge in [0.15, 0.2) is 0 Å². The second kappa shape index (κ2) is 5.89. The monoisotopic (exact) mass is 209 g/mol. The molecule has 0 radical (unpaired) electrons. The van der Waals surface area contributed by atoms with E-state index in [4.69, 9.17) is 0 Å². The normalized spacial score (nSPS) is 26.2. The standard InChI is InChI=1S/C14H27N/c1-12(15-11-10-13-8-9-13)14-6-4-2-3-5-7-14/h12-15H,2-11H2,1H3/t12-/m1/s1. The van der Waals surface area contributed by atoms with Crippen molar-refractivity contribution in [2.75, 3.05) is 6.54 Å². The van der Waals surface area contributed by atoms with Crippen molar-refractivity contribution in [2.45, 2.75) is 70.8 Å². The highest BCUT2D eigenvalue weighted by Gasteiger charge is 2.22. The van der Waals surface area contributed by atoms with Crippen LogP contribution in [0.5, 0.6) is 0 Å². The summed E-state index contributed by atoms with van der Waals surface area (Å²) in [4.78, 5) is 0. The van der Waals surface area contributed by atoms with Gasteiger partial charge in [-0.2, -0.15) is 0 Å². The molecular weight excluding hydrogens is 182 g/mol. The molecule has 0 unspecified atom stereocenters. The zero-order valence-corrected chi connectivity index (χ0v) is 10.3. The zero-order valence-electron chi connectivity index (χ0n) is 10.3. The molecular formula is C14H27N. The Morgan fingerprint density at radius 2 is 1.67 bits per heavy atom. The maximum absolute atomic E-state index is 3.75. The largest absolute Gasteiger partial charge is 0.314 e. The van der Waals surface area contributed by atoms with Crippen LogP contribution in [0, 0.1) is 11.8 Å². The molecule has 2 fully saturated rings. The van der Waals surface area contributed by atoms with Crippen molar-refractivity contribution in [2.24, 2.45) is 11.8 Å². The van der Waals surface area contributed by atoms with Crippen molar-refractivity contribution >= 4 is 0 Å². The number of rotatable bonds is 5. The average Bonchev–Trinajstić information content (AvgIpc) is 3.04. The number of nitrogens with one attached hydrogen (secondary N) is 1. The first kappa shape index (κ1) is 11.4. The molecule has 2 rings (SSSR count). The van der Waals surface area contributed by atoms with Crippen LogP contribution in [-0.2, 0) is 0 Å². The van der Waals surface area contributed by atoms with Crippen LogP contribution in [0.2, 0.25) is 0 Å². The van der Waals surface area contributed by atoms with Crippen molar-refractivity contribution < 1.29 is 0 Å². The van der Waals surface area contributed by atoms with E-state index < -0.39 is 0 Å². The predicted octanol–water partition coefficient (Wildman–Crippen LogP) is 3.74. The highest BCUT2D eigenvalue weighted by Crippen LogP contribution is 2.32. The molecule has 1 heteroatoms. The van der Waals surface area contributed by atoms with E-state index in [2.05, 4.69) is 12.2 Å². The highest BCUT2D eigenvalue weighted by molar-refractivity contribution is 4.78. The van der Waals surface area contributed by atoms with Crippen LogP contribution in [0.4, 0.5) is 0 Å². The second-order valence-corrected chi connectivity index (χ2v) is 5.73. The summed E-state index contributed by atoms with van der Waals surface area (Å²) in [5.41, 5.74) is 0. The molecule has 15 heavy (non-hydrogen) atoms. The first-order chi connectivity index (χ1) is 7.36. The van der Waals surface area contributed by atoms with Crippen molar-refractivity contribution in [1.29, 1.82) is 0 Å². The van der Waals surface area contributed by atoms with E-state index in [0.717, 1.165) is 17.9 Å². The van der Waals surface area contributed by atoms with E-state index in [1.54, 1.807) is 0 Å². The third-order valence-corrected chi connectivity index (χ3v) is 4.32. The van der Waals surface area contributed by atoms with Gasteiger partial charge in [0.25, 0.3) is 0 Å². The van der Waals surface area contributed by atoms with E-state index in [1.165, 1.54) is 64.3 Å². The summed E-state index contributed by atoms with van der Waals surface area (Å²) in [5.74, 6) is 2.05. The molecule has 1 N–H and O–H groups in total. The van der Waals surface area contributed by atoms with Crippen LogP contribution >= 0.6 is 0 Å². The van der Waals surface area contributed by atoms with Crippen LogP contribution < -0.4 is 5.32 Å². The van der Waals surface area contributed by atoms with Gasteiger partial charge in [0.2, 0.25) is 0 Å². The maximum atomic E-state index is 3.75. The summed E-state index contributed by atoms with van der Waals surface area (Å²) in [7, 11) is 0. The molecule has 0 spiro atoms. The fourth-order valence-corrected chi connectivity index (χ4v) is 2.90. The van der Waals surface area contributed by atoms with E-state index in [0.29, 0.717) is 0 Å². The lowest BCUT2D eigenvalue weighted by atomic mass is 9.93. The van der Waals surface area contributed by atoms with Crippen LogP contribution in [-0.4, -0.2) is 12.6 Å².